The van der Waals surface area contributed by atoms with E-state index in [4.69, 9.17) is 0 Å². The van der Waals surface area contributed by atoms with Crippen LogP contribution in [0.15, 0.2) is 34.9 Å². The normalized spacial score (nSPS) is 34.5. The molecule has 0 heterocycles. The minimum Gasteiger partial charge on any atom is -0.389 e. The zero-order valence-corrected chi connectivity index (χ0v) is 10.8. The number of aliphatic hydroxyl groups excluding tert-OH is 1. The van der Waals surface area contributed by atoms with E-state index < -0.39 is 0 Å². The molecule has 1 aliphatic rings. The summed E-state index contributed by atoms with van der Waals surface area (Å²) in [6, 6.07) is 0. The number of allylic oxidation sites excluding steroid dienone is 4. The SMILES string of the molecule is C/C1=C/CC/C(C)=C\C(O)C/C(C)=C\CC1. The van der Waals surface area contributed by atoms with Crippen LogP contribution in [0.25, 0.3) is 0 Å². The van der Waals surface area contributed by atoms with Crippen molar-refractivity contribution in [2.45, 2.75) is 59.0 Å². The maximum Gasteiger partial charge on any atom is 0.0760 e. The lowest BCUT2D eigenvalue weighted by molar-refractivity contribution is 0.222. The third kappa shape index (κ3) is 5.32. The van der Waals surface area contributed by atoms with E-state index in [1.54, 1.807) is 0 Å². The Morgan fingerprint density at radius 1 is 0.938 bits per heavy atom. The van der Waals surface area contributed by atoms with Crippen LogP contribution in [-0.2, 0) is 0 Å². The molecule has 1 nitrogen and oxygen atoms in total. The minimum absolute atomic E-state index is 0.305. The highest BCUT2D eigenvalue weighted by Crippen LogP contribution is 2.16. The topological polar surface area (TPSA) is 20.2 Å². The van der Waals surface area contributed by atoms with Crippen LogP contribution in [0.2, 0.25) is 0 Å². The molecule has 16 heavy (non-hydrogen) atoms. The van der Waals surface area contributed by atoms with Crippen molar-refractivity contribution in [1.82, 2.24) is 0 Å². The quantitative estimate of drug-likeness (QED) is 0.608. The highest BCUT2D eigenvalue weighted by Gasteiger charge is 2.03. The van der Waals surface area contributed by atoms with Gasteiger partial charge >= 0.3 is 0 Å². The molecule has 1 rings (SSSR count). The van der Waals surface area contributed by atoms with Crippen LogP contribution in [0.3, 0.4) is 0 Å². The molecule has 0 spiro atoms. The maximum atomic E-state index is 9.85. The lowest BCUT2D eigenvalue weighted by Crippen LogP contribution is -2.04. The summed E-state index contributed by atoms with van der Waals surface area (Å²) in [5.74, 6) is 0. The Balaban J connectivity index is 2.73. The molecule has 0 radical (unpaired) electrons. The molecule has 0 aromatic carbocycles. The molecule has 0 saturated carbocycles. The lowest BCUT2D eigenvalue weighted by Gasteiger charge is -2.10. The van der Waals surface area contributed by atoms with Gasteiger partial charge in [0.15, 0.2) is 0 Å². The van der Waals surface area contributed by atoms with Gasteiger partial charge in [-0.25, -0.2) is 0 Å². The first-order valence-electron chi connectivity index (χ1n) is 6.24. The van der Waals surface area contributed by atoms with Crippen molar-refractivity contribution in [1.29, 1.82) is 0 Å². The van der Waals surface area contributed by atoms with Crippen LogP contribution in [0, 0.1) is 0 Å². The standard InChI is InChI=1S/C15H24O/c1-12-6-4-8-13(2)10-15(16)11-14(3)9-5-7-12/h6,9-10,15-16H,4-5,7-8,11H2,1-3H3/b12-6-,13-10-,14-9-. The van der Waals surface area contributed by atoms with Crippen molar-refractivity contribution in [2.24, 2.45) is 0 Å². The number of hydrogen-bond donors (Lipinski definition) is 1. The van der Waals surface area contributed by atoms with Crippen molar-refractivity contribution >= 4 is 0 Å². The van der Waals surface area contributed by atoms with Gasteiger partial charge in [0.1, 0.15) is 0 Å². The van der Waals surface area contributed by atoms with Gasteiger partial charge in [-0.1, -0.05) is 34.9 Å². The molecular weight excluding hydrogens is 196 g/mol. The zero-order chi connectivity index (χ0) is 12.0. The molecule has 0 amide bonds. The summed E-state index contributed by atoms with van der Waals surface area (Å²) in [7, 11) is 0. The van der Waals surface area contributed by atoms with E-state index in [1.165, 1.54) is 16.7 Å². The van der Waals surface area contributed by atoms with Gasteiger partial charge in [-0.15, -0.1) is 0 Å². The monoisotopic (exact) mass is 220 g/mol. The second-order valence-corrected chi connectivity index (χ2v) is 4.96. The largest absolute Gasteiger partial charge is 0.389 e. The zero-order valence-electron chi connectivity index (χ0n) is 10.8. The third-order valence-electron chi connectivity index (χ3n) is 3.07. The predicted molar refractivity (Wildman–Crippen MR) is 70.4 cm³/mol. The molecule has 1 aliphatic carbocycles. The molecule has 0 aromatic heterocycles. The second-order valence-electron chi connectivity index (χ2n) is 4.96. The Kier molecular flexibility index (Phi) is 5.54. The molecule has 0 saturated heterocycles. The van der Waals surface area contributed by atoms with Crippen LogP contribution in [0.4, 0.5) is 0 Å². The lowest BCUT2D eigenvalue weighted by atomic mass is 10.0. The molecule has 1 atom stereocenters. The van der Waals surface area contributed by atoms with Crippen LogP contribution in [0.5, 0.6) is 0 Å². The highest BCUT2D eigenvalue weighted by molar-refractivity contribution is 5.11. The van der Waals surface area contributed by atoms with Crippen LogP contribution < -0.4 is 0 Å². The van der Waals surface area contributed by atoms with E-state index in [1.807, 2.05) is 6.08 Å². The van der Waals surface area contributed by atoms with Gasteiger partial charge in [-0.3, -0.25) is 0 Å². The predicted octanol–water partition coefficient (Wildman–Crippen LogP) is 4.15. The first-order chi connectivity index (χ1) is 7.58. The van der Waals surface area contributed by atoms with E-state index in [0.717, 1.165) is 32.1 Å². The van der Waals surface area contributed by atoms with E-state index in [2.05, 4.69) is 32.9 Å². The van der Waals surface area contributed by atoms with Crippen molar-refractivity contribution in [3.8, 4) is 0 Å². The Morgan fingerprint density at radius 3 is 2.19 bits per heavy atom. The molecule has 1 heteroatoms. The molecule has 0 aliphatic heterocycles. The fourth-order valence-electron chi connectivity index (χ4n) is 2.08. The highest BCUT2D eigenvalue weighted by atomic mass is 16.3. The minimum atomic E-state index is -0.305. The Morgan fingerprint density at radius 2 is 1.50 bits per heavy atom. The van der Waals surface area contributed by atoms with Crippen molar-refractivity contribution in [3.05, 3.63) is 34.9 Å². The van der Waals surface area contributed by atoms with Crippen LogP contribution in [0.1, 0.15) is 52.9 Å². The number of aliphatic hydroxyl groups is 1. The van der Waals surface area contributed by atoms with E-state index in [0.29, 0.717) is 0 Å². The summed E-state index contributed by atoms with van der Waals surface area (Å²) in [5.41, 5.74) is 4.08. The fourth-order valence-corrected chi connectivity index (χ4v) is 2.08. The van der Waals surface area contributed by atoms with Crippen LogP contribution in [-0.4, -0.2) is 11.2 Å². The molecule has 1 N–H and O–H groups in total. The molecular formula is C15H24O. The van der Waals surface area contributed by atoms with Gasteiger partial charge in [0, 0.05) is 0 Å². The summed E-state index contributed by atoms with van der Waals surface area (Å²) in [6.07, 6.45) is 11.5. The smallest absolute Gasteiger partial charge is 0.0760 e. The van der Waals surface area contributed by atoms with Crippen molar-refractivity contribution in [3.63, 3.8) is 0 Å². The molecule has 1 unspecified atom stereocenters. The van der Waals surface area contributed by atoms with E-state index >= 15 is 0 Å². The number of rotatable bonds is 0. The van der Waals surface area contributed by atoms with Crippen molar-refractivity contribution < 1.29 is 5.11 Å². The van der Waals surface area contributed by atoms with Gasteiger partial charge in [0.2, 0.25) is 0 Å². The summed E-state index contributed by atoms with van der Waals surface area (Å²) < 4.78 is 0. The fraction of sp³-hybridized carbons (Fsp3) is 0.600. The molecule has 0 aromatic rings. The second kappa shape index (κ2) is 6.70. The average molecular weight is 220 g/mol. The summed E-state index contributed by atoms with van der Waals surface area (Å²) in [6.45, 7) is 6.43. The third-order valence-corrected chi connectivity index (χ3v) is 3.07. The summed E-state index contributed by atoms with van der Waals surface area (Å²) in [4.78, 5) is 0. The van der Waals surface area contributed by atoms with Gasteiger partial charge in [0.05, 0.1) is 6.10 Å². The van der Waals surface area contributed by atoms with Crippen LogP contribution >= 0.6 is 0 Å². The Hall–Kier alpha value is -0.820. The molecule has 90 valence electrons. The average Bonchev–Trinajstić information content (AvgIpc) is 2.15. The van der Waals surface area contributed by atoms with Crippen molar-refractivity contribution in [2.75, 3.05) is 0 Å². The summed E-state index contributed by atoms with van der Waals surface area (Å²) >= 11 is 0. The van der Waals surface area contributed by atoms with Gasteiger partial charge in [0.25, 0.3) is 0 Å². The first kappa shape index (κ1) is 13.2. The molecule has 0 bridgehead atoms. The maximum absolute atomic E-state index is 9.85. The number of hydrogen-bond acceptors (Lipinski definition) is 1. The Labute approximate surface area is 99.6 Å². The van der Waals surface area contributed by atoms with E-state index in [-0.39, 0.29) is 6.10 Å². The molecule has 0 fully saturated rings. The Bertz CT molecular complexity index is 307. The first-order valence-corrected chi connectivity index (χ1v) is 6.24. The van der Waals surface area contributed by atoms with Gasteiger partial charge in [-0.2, -0.15) is 0 Å². The summed E-state index contributed by atoms with van der Waals surface area (Å²) in [5, 5.41) is 9.85. The van der Waals surface area contributed by atoms with E-state index in [9.17, 15) is 5.11 Å². The van der Waals surface area contributed by atoms with Gasteiger partial charge in [-0.05, 0) is 52.9 Å². The van der Waals surface area contributed by atoms with Gasteiger partial charge < -0.3 is 5.11 Å².